The summed E-state index contributed by atoms with van der Waals surface area (Å²) in [7, 11) is 0. The first-order chi connectivity index (χ1) is 14.7. The Balaban J connectivity index is 0.00000101. The molecule has 1 saturated carbocycles. The number of aryl methyl sites for hydroxylation is 1. The number of nitriles is 1. The van der Waals surface area contributed by atoms with Gasteiger partial charge in [0.05, 0.1) is 6.07 Å². The van der Waals surface area contributed by atoms with Gasteiger partial charge in [0.2, 0.25) is 0 Å². The topological polar surface area (TPSA) is 27.0 Å². The molecule has 0 heterocycles. The van der Waals surface area contributed by atoms with E-state index in [0.717, 1.165) is 51.7 Å². The fourth-order valence-electron chi connectivity index (χ4n) is 4.26. The summed E-state index contributed by atoms with van der Waals surface area (Å²) >= 11 is 0. The van der Waals surface area contributed by atoms with Gasteiger partial charge in [-0.15, -0.1) is 0 Å². The molecule has 0 radical (unpaired) electrons. The van der Waals surface area contributed by atoms with Crippen LogP contribution < -0.4 is 0 Å². The minimum Gasteiger partial charge on any atom is -0.303 e. The summed E-state index contributed by atoms with van der Waals surface area (Å²) in [5.74, 6) is 0.126. The molecule has 1 aliphatic rings. The van der Waals surface area contributed by atoms with Crippen LogP contribution in [0.5, 0.6) is 0 Å². The van der Waals surface area contributed by atoms with Crippen LogP contribution in [0.3, 0.4) is 0 Å². The molecule has 0 aromatic heterocycles. The van der Waals surface area contributed by atoms with Crippen molar-refractivity contribution in [3.8, 4) is 6.07 Å². The number of benzene rings is 2. The second kappa shape index (κ2) is 13.9. The molecule has 2 atom stereocenters. The van der Waals surface area contributed by atoms with Gasteiger partial charge in [-0.1, -0.05) is 74.4 Å². The fraction of sp³-hybridized carbons (Fsp3) is 0.519. The van der Waals surface area contributed by atoms with E-state index in [-0.39, 0.29) is 5.92 Å². The molecule has 0 amide bonds. The molecule has 0 aliphatic heterocycles. The summed E-state index contributed by atoms with van der Waals surface area (Å²) in [5.41, 5.74) is 3.99. The van der Waals surface area contributed by atoms with Crippen LogP contribution in [0.15, 0.2) is 54.6 Å². The molecule has 3 rings (SSSR count). The van der Waals surface area contributed by atoms with Gasteiger partial charge in [0.1, 0.15) is 6.17 Å². The van der Waals surface area contributed by atoms with Crippen LogP contribution in [-0.2, 0) is 12.8 Å². The van der Waals surface area contributed by atoms with Crippen molar-refractivity contribution in [3.63, 3.8) is 0 Å². The molecule has 0 saturated heterocycles. The highest BCUT2D eigenvalue weighted by atomic mass is 19.1. The third kappa shape index (κ3) is 8.28. The van der Waals surface area contributed by atoms with E-state index in [0.29, 0.717) is 0 Å². The van der Waals surface area contributed by atoms with Crippen LogP contribution in [0.4, 0.5) is 4.39 Å². The van der Waals surface area contributed by atoms with Crippen molar-refractivity contribution in [2.75, 3.05) is 19.6 Å². The number of hydrogen-bond donors (Lipinski definition) is 0. The van der Waals surface area contributed by atoms with Gasteiger partial charge in [-0.3, -0.25) is 0 Å². The van der Waals surface area contributed by atoms with E-state index in [1.54, 1.807) is 6.07 Å². The number of alkyl halides is 1. The molecule has 1 fully saturated rings. The Hall–Kier alpha value is -2.18. The van der Waals surface area contributed by atoms with Crippen LogP contribution in [0.2, 0.25) is 0 Å². The van der Waals surface area contributed by atoms with Crippen molar-refractivity contribution >= 4 is 0 Å². The zero-order chi connectivity index (χ0) is 21.6. The SMILES string of the molecule is CC#N.CCN(CCCc1ccc(C2CCCCC2F)cc1)CCc1ccccc1. The van der Waals surface area contributed by atoms with E-state index in [2.05, 4.69) is 66.4 Å². The largest absolute Gasteiger partial charge is 0.303 e. The Bertz CT molecular complexity index is 736. The summed E-state index contributed by atoms with van der Waals surface area (Å²) < 4.78 is 14.2. The Morgan fingerprint density at radius 3 is 2.20 bits per heavy atom. The smallest absolute Gasteiger partial charge is 0.107 e. The van der Waals surface area contributed by atoms with Gasteiger partial charge in [-0.05, 0) is 61.9 Å². The predicted molar refractivity (Wildman–Crippen MR) is 124 cm³/mol. The van der Waals surface area contributed by atoms with Crippen LogP contribution >= 0.6 is 0 Å². The van der Waals surface area contributed by atoms with Crippen molar-refractivity contribution in [2.45, 2.75) is 70.9 Å². The molecule has 0 bridgehead atoms. The lowest BCUT2D eigenvalue weighted by Gasteiger charge is -2.26. The number of halogens is 1. The standard InChI is InChI=1S/C25H34FN.C2H3N/c1-2-27(20-18-21-9-4-3-5-10-21)19-8-11-22-14-16-23(17-15-22)24-12-6-7-13-25(24)26;1-2-3/h3-5,9-10,14-17,24-25H,2,6-8,11-13,18-20H2,1H3;1H3. The molecular weight excluding hydrogens is 371 g/mol. The molecule has 0 spiro atoms. The summed E-state index contributed by atoms with van der Waals surface area (Å²) in [6, 6.07) is 21.3. The second-order valence-electron chi connectivity index (χ2n) is 8.15. The van der Waals surface area contributed by atoms with E-state index in [1.165, 1.54) is 36.5 Å². The van der Waals surface area contributed by atoms with Gasteiger partial charge in [-0.25, -0.2) is 4.39 Å². The van der Waals surface area contributed by atoms with Crippen LogP contribution in [0, 0.1) is 11.3 Å². The first kappa shape index (κ1) is 24.1. The molecule has 2 aromatic carbocycles. The Labute approximate surface area is 182 Å². The van der Waals surface area contributed by atoms with Gasteiger partial charge >= 0.3 is 0 Å². The highest BCUT2D eigenvalue weighted by Crippen LogP contribution is 2.35. The zero-order valence-electron chi connectivity index (χ0n) is 18.7. The molecule has 3 heteroatoms. The van der Waals surface area contributed by atoms with Crippen molar-refractivity contribution in [2.24, 2.45) is 0 Å². The Kier molecular flexibility index (Phi) is 11.2. The van der Waals surface area contributed by atoms with Gasteiger partial charge in [-0.2, -0.15) is 5.26 Å². The van der Waals surface area contributed by atoms with E-state index in [1.807, 2.05) is 0 Å². The molecular formula is C27H37FN2. The lowest BCUT2D eigenvalue weighted by Crippen LogP contribution is -2.27. The predicted octanol–water partition coefficient (Wildman–Crippen LogP) is 6.71. The molecule has 2 nitrogen and oxygen atoms in total. The summed E-state index contributed by atoms with van der Waals surface area (Å²) in [6.45, 7) is 7.04. The van der Waals surface area contributed by atoms with E-state index in [4.69, 9.17) is 5.26 Å². The van der Waals surface area contributed by atoms with Crippen LogP contribution in [0.1, 0.15) is 68.6 Å². The molecule has 30 heavy (non-hydrogen) atoms. The van der Waals surface area contributed by atoms with Gasteiger partial charge in [0.15, 0.2) is 0 Å². The maximum Gasteiger partial charge on any atom is 0.107 e. The van der Waals surface area contributed by atoms with Crippen molar-refractivity contribution in [1.82, 2.24) is 4.90 Å². The van der Waals surface area contributed by atoms with Crippen molar-refractivity contribution < 1.29 is 4.39 Å². The molecule has 162 valence electrons. The number of likely N-dealkylation sites (N-methyl/N-ethyl adjacent to an activating group) is 1. The zero-order valence-corrected chi connectivity index (χ0v) is 18.7. The molecule has 2 aromatic rings. The molecule has 0 N–H and O–H groups in total. The van der Waals surface area contributed by atoms with Crippen LogP contribution in [0.25, 0.3) is 0 Å². The van der Waals surface area contributed by atoms with E-state index < -0.39 is 6.17 Å². The number of nitrogens with zero attached hydrogens (tertiary/aromatic N) is 2. The van der Waals surface area contributed by atoms with Crippen LogP contribution in [-0.4, -0.2) is 30.7 Å². The van der Waals surface area contributed by atoms with Crippen molar-refractivity contribution in [1.29, 1.82) is 5.26 Å². The third-order valence-corrected chi connectivity index (χ3v) is 6.04. The average Bonchev–Trinajstić information content (AvgIpc) is 2.78. The molecule has 1 aliphatic carbocycles. The first-order valence-corrected chi connectivity index (χ1v) is 11.5. The summed E-state index contributed by atoms with van der Waals surface area (Å²) in [6.07, 6.45) is 6.72. The summed E-state index contributed by atoms with van der Waals surface area (Å²) in [5, 5.41) is 7.32. The first-order valence-electron chi connectivity index (χ1n) is 11.5. The van der Waals surface area contributed by atoms with Gasteiger partial charge in [0, 0.05) is 19.4 Å². The van der Waals surface area contributed by atoms with Gasteiger partial charge < -0.3 is 4.90 Å². The van der Waals surface area contributed by atoms with Crippen molar-refractivity contribution in [3.05, 3.63) is 71.3 Å². The Morgan fingerprint density at radius 2 is 1.57 bits per heavy atom. The minimum absolute atomic E-state index is 0.126. The number of hydrogen-bond acceptors (Lipinski definition) is 2. The maximum absolute atomic E-state index is 14.2. The normalized spacial score (nSPS) is 18.4. The quantitative estimate of drug-likeness (QED) is 0.461. The second-order valence-corrected chi connectivity index (χ2v) is 8.15. The maximum atomic E-state index is 14.2. The lowest BCUT2D eigenvalue weighted by molar-refractivity contribution is 0.216. The van der Waals surface area contributed by atoms with E-state index in [9.17, 15) is 4.39 Å². The third-order valence-electron chi connectivity index (χ3n) is 6.04. The average molecular weight is 409 g/mol. The minimum atomic E-state index is -0.646. The fourth-order valence-corrected chi connectivity index (χ4v) is 4.26. The number of rotatable bonds is 9. The highest BCUT2D eigenvalue weighted by Gasteiger charge is 2.25. The van der Waals surface area contributed by atoms with Gasteiger partial charge in [0.25, 0.3) is 0 Å². The van der Waals surface area contributed by atoms with E-state index >= 15 is 0 Å². The monoisotopic (exact) mass is 408 g/mol. The summed E-state index contributed by atoms with van der Waals surface area (Å²) in [4.78, 5) is 2.54. The lowest BCUT2D eigenvalue weighted by atomic mass is 9.82. The molecule has 2 unspecified atom stereocenters. The Morgan fingerprint density at radius 1 is 0.933 bits per heavy atom. The highest BCUT2D eigenvalue weighted by molar-refractivity contribution is 5.26.